The Balaban J connectivity index is 1.67. The molecule has 0 amide bonds. The predicted molar refractivity (Wildman–Crippen MR) is 70.1 cm³/mol. The molecule has 0 radical (unpaired) electrons. The van der Waals surface area contributed by atoms with Gasteiger partial charge in [-0.25, -0.2) is 4.39 Å². The van der Waals surface area contributed by atoms with E-state index in [1.54, 1.807) is 12.1 Å². The summed E-state index contributed by atoms with van der Waals surface area (Å²) in [6.07, 6.45) is 4.78. The topological polar surface area (TPSA) is 26.0 Å². The first-order valence-electron chi connectivity index (χ1n) is 6.33. The molecule has 3 unspecified atom stereocenters. The van der Waals surface area contributed by atoms with Crippen molar-refractivity contribution < 1.29 is 4.39 Å². The van der Waals surface area contributed by atoms with Crippen LogP contribution in [0.2, 0.25) is 0 Å². The zero-order valence-corrected chi connectivity index (χ0v) is 11.3. The average Bonchev–Trinajstić information content (AvgIpc) is 2.91. The van der Waals surface area contributed by atoms with Crippen LogP contribution in [0.5, 0.6) is 0 Å². The number of benzene rings is 1. The summed E-state index contributed by atoms with van der Waals surface area (Å²) in [6, 6.07) is 5.02. The van der Waals surface area contributed by atoms with E-state index in [0.29, 0.717) is 5.92 Å². The van der Waals surface area contributed by atoms with Gasteiger partial charge in [0.2, 0.25) is 0 Å². The standard InChI is InChI=1S/C14H17BrFN/c15-13-2-1-12(16)6-10(13)7-14(17)11-4-8-3-9(8)5-11/h1-2,6,8-9,11,14H,3-5,7,17H2. The Hall–Kier alpha value is -0.410. The first-order chi connectivity index (χ1) is 8.13. The quantitative estimate of drug-likeness (QED) is 0.908. The van der Waals surface area contributed by atoms with Crippen molar-refractivity contribution in [1.82, 2.24) is 0 Å². The van der Waals surface area contributed by atoms with Crippen molar-refractivity contribution in [2.75, 3.05) is 0 Å². The van der Waals surface area contributed by atoms with E-state index in [9.17, 15) is 4.39 Å². The lowest BCUT2D eigenvalue weighted by atomic mass is 9.90. The van der Waals surface area contributed by atoms with Crippen LogP contribution in [0.25, 0.3) is 0 Å². The molecule has 3 atom stereocenters. The second kappa shape index (κ2) is 4.36. The third kappa shape index (κ3) is 2.41. The fourth-order valence-electron chi connectivity index (χ4n) is 3.23. The van der Waals surface area contributed by atoms with E-state index in [0.717, 1.165) is 28.3 Å². The summed E-state index contributed by atoms with van der Waals surface area (Å²) in [6.45, 7) is 0. The molecule has 0 bridgehead atoms. The van der Waals surface area contributed by atoms with Gasteiger partial charge < -0.3 is 5.73 Å². The van der Waals surface area contributed by atoms with E-state index < -0.39 is 0 Å². The molecule has 0 spiro atoms. The van der Waals surface area contributed by atoms with E-state index in [4.69, 9.17) is 5.73 Å². The highest BCUT2D eigenvalue weighted by Gasteiger charge is 2.47. The number of fused-ring (bicyclic) bond motifs is 1. The SMILES string of the molecule is NC(Cc1cc(F)ccc1Br)C1CC2CC2C1. The zero-order valence-electron chi connectivity index (χ0n) is 9.70. The number of hydrogen-bond acceptors (Lipinski definition) is 1. The summed E-state index contributed by atoms with van der Waals surface area (Å²) in [5.74, 6) is 2.39. The van der Waals surface area contributed by atoms with Crippen molar-refractivity contribution >= 4 is 15.9 Å². The van der Waals surface area contributed by atoms with Gasteiger partial charge in [0.15, 0.2) is 0 Å². The Morgan fingerprint density at radius 2 is 2.00 bits per heavy atom. The van der Waals surface area contributed by atoms with Gasteiger partial charge in [-0.1, -0.05) is 15.9 Å². The van der Waals surface area contributed by atoms with Crippen LogP contribution in [0.3, 0.4) is 0 Å². The van der Waals surface area contributed by atoms with Gasteiger partial charge in [-0.15, -0.1) is 0 Å². The minimum absolute atomic E-state index is 0.176. The van der Waals surface area contributed by atoms with Crippen LogP contribution in [-0.2, 0) is 6.42 Å². The lowest BCUT2D eigenvalue weighted by molar-refractivity contribution is 0.392. The van der Waals surface area contributed by atoms with E-state index in [1.165, 1.54) is 25.3 Å². The maximum absolute atomic E-state index is 13.2. The second-order valence-corrected chi connectivity index (χ2v) is 6.45. The van der Waals surface area contributed by atoms with Crippen molar-refractivity contribution in [3.8, 4) is 0 Å². The monoisotopic (exact) mass is 297 g/mol. The van der Waals surface area contributed by atoms with Crippen LogP contribution in [-0.4, -0.2) is 6.04 Å². The van der Waals surface area contributed by atoms with Gasteiger partial charge in [0.05, 0.1) is 0 Å². The van der Waals surface area contributed by atoms with Gasteiger partial charge in [-0.3, -0.25) is 0 Å². The van der Waals surface area contributed by atoms with Crippen LogP contribution in [0.1, 0.15) is 24.8 Å². The highest BCUT2D eigenvalue weighted by molar-refractivity contribution is 9.10. The zero-order chi connectivity index (χ0) is 12.0. The fraction of sp³-hybridized carbons (Fsp3) is 0.571. The van der Waals surface area contributed by atoms with E-state index in [-0.39, 0.29) is 11.9 Å². The third-order valence-corrected chi connectivity index (χ3v) is 5.12. The number of halogens is 2. The summed E-state index contributed by atoms with van der Waals surface area (Å²) in [7, 11) is 0. The smallest absolute Gasteiger partial charge is 0.123 e. The van der Waals surface area contributed by atoms with E-state index in [2.05, 4.69) is 15.9 Å². The highest BCUT2D eigenvalue weighted by Crippen LogP contribution is 2.55. The highest BCUT2D eigenvalue weighted by atomic mass is 79.9. The minimum Gasteiger partial charge on any atom is -0.327 e. The van der Waals surface area contributed by atoms with Gasteiger partial charge in [0.1, 0.15) is 5.82 Å². The van der Waals surface area contributed by atoms with Gasteiger partial charge in [0, 0.05) is 10.5 Å². The molecule has 2 fully saturated rings. The Kier molecular flexibility index (Phi) is 2.99. The summed E-state index contributed by atoms with van der Waals surface area (Å²) in [4.78, 5) is 0. The van der Waals surface area contributed by atoms with Crippen LogP contribution < -0.4 is 5.73 Å². The van der Waals surface area contributed by atoms with Crippen molar-refractivity contribution in [1.29, 1.82) is 0 Å². The van der Waals surface area contributed by atoms with Gasteiger partial charge >= 0.3 is 0 Å². The predicted octanol–water partition coefficient (Wildman–Crippen LogP) is 3.50. The van der Waals surface area contributed by atoms with Crippen LogP contribution in [0.4, 0.5) is 4.39 Å². The molecule has 0 aliphatic heterocycles. The van der Waals surface area contributed by atoms with Crippen molar-refractivity contribution in [3.05, 3.63) is 34.1 Å². The summed E-state index contributed by atoms with van der Waals surface area (Å²) >= 11 is 3.47. The largest absolute Gasteiger partial charge is 0.327 e. The van der Waals surface area contributed by atoms with Gasteiger partial charge in [-0.05, 0) is 67.2 Å². The fourth-order valence-corrected chi connectivity index (χ4v) is 3.64. The van der Waals surface area contributed by atoms with Crippen LogP contribution >= 0.6 is 15.9 Å². The van der Waals surface area contributed by atoms with Crippen LogP contribution in [0, 0.1) is 23.6 Å². The Bertz CT molecular complexity index is 424. The molecule has 0 aromatic heterocycles. The molecule has 1 aromatic carbocycles. The van der Waals surface area contributed by atoms with E-state index in [1.807, 2.05) is 0 Å². The summed E-state index contributed by atoms with van der Waals surface area (Å²) < 4.78 is 14.2. The molecule has 0 heterocycles. The normalized spacial score (nSPS) is 32.3. The molecular weight excluding hydrogens is 281 g/mol. The van der Waals surface area contributed by atoms with Crippen LogP contribution in [0.15, 0.2) is 22.7 Å². The Morgan fingerprint density at radius 3 is 2.71 bits per heavy atom. The average molecular weight is 298 g/mol. The molecule has 1 nitrogen and oxygen atoms in total. The van der Waals surface area contributed by atoms with Gasteiger partial charge in [-0.2, -0.15) is 0 Å². The molecule has 2 aliphatic carbocycles. The number of rotatable bonds is 3. The lowest BCUT2D eigenvalue weighted by Crippen LogP contribution is -2.31. The maximum Gasteiger partial charge on any atom is 0.123 e. The van der Waals surface area contributed by atoms with Gasteiger partial charge in [0.25, 0.3) is 0 Å². The van der Waals surface area contributed by atoms with Crippen molar-refractivity contribution in [3.63, 3.8) is 0 Å². The molecule has 0 saturated heterocycles. The second-order valence-electron chi connectivity index (χ2n) is 5.59. The molecule has 2 N–H and O–H groups in total. The minimum atomic E-state index is -0.176. The molecule has 2 aliphatic rings. The lowest BCUT2D eigenvalue weighted by Gasteiger charge is -2.21. The summed E-state index contributed by atoms with van der Waals surface area (Å²) in [5.41, 5.74) is 7.27. The molecule has 92 valence electrons. The first kappa shape index (κ1) is 11.7. The van der Waals surface area contributed by atoms with Crippen molar-refractivity contribution in [2.45, 2.75) is 31.7 Å². The van der Waals surface area contributed by atoms with Crippen molar-refractivity contribution in [2.24, 2.45) is 23.5 Å². The molecule has 17 heavy (non-hydrogen) atoms. The van der Waals surface area contributed by atoms with E-state index >= 15 is 0 Å². The molecule has 3 heteroatoms. The Morgan fingerprint density at radius 1 is 1.29 bits per heavy atom. The molecule has 2 saturated carbocycles. The Labute approximate surface area is 110 Å². The third-order valence-electron chi connectivity index (χ3n) is 4.35. The summed E-state index contributed by atoms with van der Waals surface area (Å²) in [5, 5.41) is 0. The molecular formula is C14H17BrFN. The molecule has 3 rings (SSSR count). The number of nitrogens with two attached hydrogens (primary N) is 1. The first-order valence-corrected chi connectivity index (χ1v) is 7.12. The molecule has 1 aromatic rings. The number of hydrogen-bond donors (Lipinski definition) is 1. The maximum atomic E-state index is 13.2.